The van der Waals surface area contributed by atoms with Crippen LogP contribution in [0.3, 0.4) is 0 Å². The Morgan fingerprint density at radius 2 is 2.11 bits per heavy atom. The Balaban J connectivity index is 2.01. The van der Waals surface area contributed by atoms with Gasteiger partial charge >= 0.3 is 0 Å². The van der Waals surface area contributed by atoms with E-state index in [9.17, 15) is 0 Å². The van der Waals surface area contributed by atoms with Gasteiger partial charge in [-0.1, -0.05) is 0 Å². The van der Waals surface area contributed by atoms with Crippen LogP contribution >= 0.6 is 0 Å². The van der Waals surface area contributed by atoms with Gasteiger partial charge in [0.05, 0.1) is 12.6 Å². The summed E-state index contributed by atoms with van der Waals surface area (Å²) in [5, 5.41) is 21.6. The van der Waals surface area contributed by atoms with Gasteiger partial charge in [-0.15, -0.1) is 0 Å². The summed E-state index contributed by atoms with van der Waals surface area (Å²) in [7, 11) is 1.75. The van der Waals surface area contributed by atoms with Crippen LogP contribution in [0.25, 0.3) is 0 Å². The molecule has 106 valence electrons. The summed E-state index contributed by atoms with van der Waals surface area (Å²) in [6, 6.07) is 0.572. The van der Waals surface area contributed by atoms with E-state index in [0.29, 0.717) is 25.1 Å². The van der Waals surface area contributed by atoms with Crippen molar-refractivity contribution in [3.05, 3.63) is 11.8 Å². The fourth-order valence-corrected chi connectivity index (χ4v) is 2.17. The molecular formula is C13H23N5O. The summed E-state index contributed by atoms with van der Waals surface area (Å²) in [6.45, 7) is 3.31. The Bertz CT molecular complexity index is 377. The zero-order valence-corrected chi connectivity index (χ0v) is 11.6. The topological polar surface area (TPSA) is 84.2 Å². The number of hydrogen-bond donors (Lipinski definition) is 4. The zero-order chi connectivity index (χ0) is 13.8. The van der Waals surface area contributed by atoms with E-state index < -0.39 is 0 Å². The van der Waals surface area contributed by atoms with Crippen molar-refractivity contribution in [2.45, 2.75) is 38.0 Å². The van der Waals surface area contributed by atoms with Crippen molar-refractivity contribution in [3.63, 3.8) is 0 Å². The Morgan fingerprint density at radius 3 is 2.68 bits per heavy atom. The lowest BCUT2D eigenvalue weighted by Crippen LogP contribution is -2.52. The van der Waals surface area contributed by atoms with Gasteiger partial charge in [0, 0.05) is 37.6 Å². The highest BCUT2D eigenvalue weighted by molar-refractivity contribution is 5.79. The predicted octanol–water partition coefficient (Wildman–Crippen LogP) is 0.515. The molecule has 2 atom stereocenters. The third-order valence-electron chi connectivity index (χ3n) is 3.41. The number of nitrogens with zero attached hydrogens (tertiary/aromatic N) is 1. The fraction of sp³-hybridized carbons (Fsp3) is 0.692. The summed E-state index contributed by atoms with van der Waals surface area (Å²) in [5.41, 5.74) is 0.840. The van der Waals surface area contributed by atoms with Crippen LogP contribution < -0.4 is 10.6 Å². The van der Waals surface area contributed by atoms with Crippen LogP contribution in [-0.2, 0) is 4.74 Å². The van der Waals surface area contributed by atoms with Crippen LogP contribution in [0.2, 0.25) is 0 Å². The van der Waals surface area contributed by atoms with Crippen molar-refractivity contribution in [1.29, 1.82) is 10.8 Å². The second kappa shape index (κ2) is 6.06. The summed E-state index contributed by atoms with van der Waals surface area (Å²) in [5.74, 6) is 0.402. The van der Waals surface area contributed by atoms with E-state index in [2.05, 4.69) is 10.6 Å². The van der Waals surface area contributed by atoms with E-state index in [1.165, 1.54) is 19.1 Å². The molecule has 19 heavy (non-hydrogen) atoms. The molecule has 6 heteroatoms. The van der Waals surface area contributed by atoms with Gasteiger partial charge in [-0.25, -0.2) is 0 Å². The largest absolute Gasteiger partial charge is 0.388 e. The molecule has 1 saturated carbocycles. The highest BCUT2D eigenvalue weighted by Gasteiger charge is 2.29. The molecule has 1 aliphatic heterocycles. The molecule has 0 aromatic heterocycles. The van der Waals surface area contributed by atoms with Crippen LogP contribution in [0.4, 0.5) is 0 Å². The average Bonchev–Trinajstić information content (AvgIpc) is 3.22. The number of ether oxygens (including phenoxy) is 1. The van der Waals surface area contributed by atoms with Crippen molar-refractivity contribution in [1.82, 2.24) is 15.5 Å². The number of morpholine rings is 1. The van der Waals surface area contributed by atoms with Gasteiger partial charge in [-0.2, -0.15) is 0 Å². The first-order valence-electron chi connectivity index (χ1n) is 6.77. The van der Waals surface area contributed by atoms with Crippen molar-refractivity contribution < 1.29 is 4.74 Å². The second-order valence-electron chi connectivity index (χ2n) is 5.17. The predicted molar refractivity (Wildman–Crippen MR) is 75.7 cm³/mol. The molecule has 2 rings (SSSR count). The molecule has 1 saturated heterocycles. The smallest absolute Gasteiger partial charge is 0.190 e. The van der Waals surface area contributed by atoms with Crippen molar-refractivity contribution in [3.8, 4) is 0 Å². The summed E-state index contributed by atoms with van der Waals surface area (Å²) in [4.78, 5) is 1.95. The quantitative estimate of drug-likeness (QED) is 0.441. The van der Waals surface area contributed by atoms with Crippen LogP contribution in [0.5, 0.6) is 0 Å². The molecule has 2 fully saturated rings. The van der Waals surface area contributed by atoms with Crippen molar-refractivity contribution in [2.75, 3.05) is 20.1 Å². The molecule has 0 unspecified atom stereocenters. The molecule has 4 N–H and O–H groups in total. The monoisotopic (exact) mass is 265 g/mol. The molecule has 0 amide bonds. The number of nitrogens with one attached hydrogen (secondary N) is 4. The van der Waals surface area contributed by atoms with E-state index >= 15 is 0 Å². The molecular weight excluding hydrogens is 242 g/mol. The highest BCUT2D eigenvalue weighted by Crippen LogP contribution is 2.20. The van der Waals surface area contributed by atoms with Gasteiger partial charge in [-0.05, 0) is 19.8 Å². The maximum Gasteiger partial charge on any atom is 0.190 e. The molecule has 0 spiro atoms. The molecule has 0 aromatic rings. The molecule has 6 nitrogen and oxygen atoms in total. The molecule has 1 aliphatic carbocycles. The van der Waals surface area contributed by atoms with Crippen molar-refractivity contribution >= 4 is 12.2 Å². The lowest BCUT2D eigenvalue weighted by molar-refractivity contribution is -0.0378. The van der Waals surface area contributed by atoms with Gasteiger partial charge in [0.1, 0.15) is 6.10 Å². The first-order valence-corrected chi connectivity index (χ1v) is 6.77. The normalized spacial score (nSPS) is 27.9. The highest BCUT2D eigenvalue weighted by atomic mass is 16.5. The lowest BCUT2D eigenvalue weighted by Gasteiger charge is -2.38. The molecule has 1 heterocycles. The second-order valence-corrected chi connectivity index (χ2v) is 5.17. The minimum atomic E-state index is -0.152. The van der Waals surface area contributed by atoms with Crippen molar-refractivity contribution in [2.24, 2.45) is 0 Å². The maximum atomic E-state index is 7.86. The van der Waals surface area contributed by atoms with Gasteiger partial charge < -0.3 is 25.7 Å². The van der Waals surface area contributed by atoms with E-state index in [-0.39, 0.29) is 12.2 Å². The average molecular weight is 265 g/mol. The van der Waals surface area contributed by atoms with Gasteiger partial charge in [0.15, 0.2) is 5.96 Å². The SMILES string of the molecule is CNC(=N)N1C[C@@H](C)O[C@@H](/C(C=N)=C/NC2CC2)C1. The standard InChI is InChI=1S/C13H23N5O/c1-9-7-18(13(15)16-2)8-12(19-9)10(5-14)6-17-11-3-4-11/h5-6,9,11-12,14,17H,3-4,7-8H2,1-2H3,(H2,15,16)/b10-6+,14-5?/t9-,12-/m1/s1. The van der Waals surface area contributed by atoms with Gasteiger partial charge in [0.25, 0.3) is 0 Å². The van der Waals surface area contributed by atoms with Crippen LogP contribution in [0, 0.1) is 10.8 Å². The minimum Gasteiger partial charge on any atom is -0.388 e. The van der Waals surface area contributed by atoms with Crippen LogP contribution in [0.1, 0.15) is 19.8 Å². The van der Waals surface area contributed by atoms with Gasteiger partial charge in [-0.3, -0.25) is 5.41 Å². The van der Waals surface area contributed by atoms with E-state index in [0.717, 1.165) is 5.57 Å². The van der Waals surface area contributed by atoms with E-state index in [4.69, 9.17) is 15.6 Å². The Hall–Kier alpha value is -1.56. The van der Waals surface area contributed by atoms with E-state index in [1.807, 2.05) is 18.0 Å². The Labute approximate surface area is 114 Å². The summed E-state index contributed by atoms with van der Waals surface area (Å²) < 4.78 is 5.89. The third kappa shape index (κ3) is 3.70. The molecule has 0 radical (unpaired) electrons. The number of hydrogen-bond acceptors (Lipinski definition) is 4. The maximum absolute atomic E-state index is 7.86. The third-order valence-corrected chi connectivity index (χ3v) is 3.41. The summed E-state index contributed by atoms with van der Waals surface area (Å²) >= 11 is 0. The van der Waals surface area contributed by atoms with E-state index in [1.54, 1.807) is 7.05 Å². The summed E-state index contributed by atoms with van der Waals surface area (Å²) in [6.07, 6.45) is 5.56. The fourth-order valence-electron chi connectivity index (χ4n) is 2.17. The van der Waals surface area contributed by atoms with Crippen LogP contribution in [-0.4, -0.2) is 55.5 Å². The van der Waals surface area contributed by atoms with Crippen LogP contribution in [0.15, 0.2) is 11.8 Å². The number of rotatable bonds is 4. The zero-order valence-electron chi connectivity index (χ0n) is 11.6. The number of guanidine groups is 1. The minimum absolute atomic E-state index is 0.0525. The first-order chi connectivity index (χ1) is 9.13. The first kappa shape index (κ1) is 13.9. The van der Waals surface area contributed by atoms with Gasteiger partial charge in [0.2, 0.25) is 0 Å². The molecule has 2 aliphatic rings. The Kier molecular flexibility index (Phi) is 4.42. The Morgan fingerprint density at radius 1 is 1.37 bits per heavy atom. The molecule has 0 aromatic carbocycles. The molecule has 0 bridgehead atoms. The lowest BCUT2D eigenvalue weighted by atomic mass is 10.1.